The highest BCUT2D eigenvalue weighted by molar-refractivity contribution is 5.91. The van der Waals surface area contributed by atoms with Crippen LogP contribution in [-0.4, -0.2) is 18.8 Å². The Kier molecular flexibility index (Phi) is 18.2. The summed E-state index contributed by atoms with van der Waals surface area (Å²) in [4.78, 5) is 17.2. The molecule has 6 heteroatoms. The fourth-order valence-corrected chi connectivity index (χ4v) is 6.59. The van der Waals surface area contributed by atoms with Gasteiger partial charge < -0.3 is 9.47 Å². The second-order valence-corrected chi connectivity index (χ2v) is 14.5. The molecule has 1 aliphatic rings. The molecular weight excluding hydrogens is 679 g/mol. The van der Waals surface area contributed by atoms with Gasteiger partial charge in [0.15, 0.2) is 0 Å². The predicted molar refractivity (Wildman–Crippen MR) is 229 cm³/mol. The Labute approximate surface area is 329 Å². The smallest absolute Gasteiger partial charge is 0.343 e. The monoisotopic (exact) mass is 737 g/mol. The van der Waals surface area contributed by atoms with Crippen molar-refractivity contribution in [3.05, 3.63) is 132 Å². The van der Waals surface area contributed by atoms with Crippen LogP contribution in [0.3, 0.4) is 0 Å². The summed E-state index contributed by atoms with van der Waals surface area (Å²) in [5.41, 5.74) is 6.09. The van der Waals surface area contributed by atoms with Gasteiger partial charge in [0.25, 0.3) is 0 Å². The normalized spacial score (nSPS) is 12.5. The fraction of sp³-hybridized carbons (Fsp3) is 0.388. The standard InChI is InChI=1S/C49H59N3O3/c1-2-3-4-5-6-7-8-9-10-11-12-13-14-15-16-19-38-54-47-36-32-46(33-37-47)52-51-45-30-28-44(29-31-45)50-39-40-22-34-48(35-23-40)55-49(53)43-26-24-42(25-27-43)41-20-17-18-21-41/h17-18,20,22-37,39H,2-16,19,21,38H2,1H3. The molecule has 0 radical (unpaired) electrons. The van der Waals surface area contributed by atoms with Gasteiger partial charge in [0.2, 0.25) is 0 Å². The number of hydrogen-bond acceptors (Lipinski definition) is 6. The Balaban J connectivity index is 0.913. The van der Waals surface area contributed by atoms with Crippen LogP contribution in [0.2, 0.25) is 0 Å². The van der Waals surface area contributed by atoms with Gasteiger partial charge in [-0.1, -0.05) is 134 Å². The fourth-order valence-electron chi connectivity index (χ4n) is 6.59. The number of rotatable bonds is 25. The largest absolute Gasteiger partial charge is 0.494 e. The molecule has 0 saturated carbocycles. The molecule has 0 saturated heterocycles. The van der Waals surface area contributed by atoms with E-state index in [-0.39, 0.29) is 5.97 Å². The summed E-state index contributed by atoms with van der Waals surface area (Å²) in [7, 11) is 0. The number of hydrogen-bond donors (Lipinski definition) is 0. The lowest BCUT2D eigenvalue weighted by molar-refractivity contribution is 0.0734. The van der Waals surface area contributed by atoms with Crippen molar-refractivity contribution < 1.29 is 14.3 Å². The van der Waals surface area contributed by atoms with Gasteiger partial charge in [0.1, 0.15) is 11.5 Å². The Morgan fingerprint density at radius 2 is 1.09 bits per heavy atom. The lowest BCUT2D eigenvalue weighted by Gasteiger charge is -2.06. The second kappa shape index (κ2) is 24.3. The minimum absolute atomic E-state index is 0.384. The van der Waals surface area contributed by atoms with Gasteiger partial charge >= 0.3 is 5.97 Å². The second-order valence-electron chi connectivity index (χ2n) is 14.5. The Bertz CT molecular complexity index is 1810. The number of benzene rings is 4. The van der Waals surface area contributed by atoms with Crippen molar-refractivity contribution in [2.45, 2.75) is 116 Å². The molecule has 0 N–H and O–H groups in total. The first-order chi connectivity index (χ1) is 27.2. The van der Waals surface area contributed by atoms with Crippen LogP contribution in [0.1, 0.15) is 138 Å². The number of unbranched alkanes of at least 4 members (excludes halogenated alkanes) is 15. The third kappa shape index (κ3) is 15.7. The summed E-state index contributed by atoms with van der Waals surface area (Å²) >= 11 is 0. The summed E-state index contributed by atoms with van der Waals surface area (Å²) in [5, 5.41) is 8.76. The van der Waals surface area contributed by atoms with E-state index in [9.17, 15) is 4.79 Å². The SMILES string of the molecule is CCCCCCCCCCCCCCCCCCOc1ccc(N=Nc2ccc(N=Cc3ccc(OC(=O)c4ccc(C5=CC=CC5)cc4)cc3)cc2)cc1. The number of esters is 1. The van der Waals surface area contributed by atoms with E-state index in [2.05, 4.69) is 34.3 Å². The molecule has 4 aromatic rings. The first kappa shape index (κ1) is 41.1. The van der Waals surface area contributed by atoms with E-state index in [4.69, 9.17) is 9.47 Å². The topological polar surface area (TPSA) is 72.6 Å². The molecule has 0 bridgehead atoms. The highest BCUT2D eigenvalue weighted by Crippen LogP contribution is 2.25. The van der Waals surface area contributed by atoms with E-state index >= 15 is 0 Å². The predicted octanol–water partition coefficient (Wildman–Crippen LogP) is 15.1. The van der Waals surface area contributed by atoms with Gasteiger partial charge in [-0.2, -0.15) is 10.2 Å². The van der Waals surface area contributed by atoms with Gasteiger partial charge in [-0.05, 0) is 114 Å². The highest BCUT2D eigenvalue weighted by Gasteiger charge is 2.10. The molecule has 6 nitrogen and oxygen atoms in total. The number of azo groups is 1. The summed E-state index contributed by atoms with van der Waals surface area (Å²) < 4.78 is 11.5. The van der Waals surface area contributed by atoms with Gasteiger partial charge in [0.05, 0.1) is 29.2 Å². The van der Waals surface area contributed by atoms with Gasteiger partial charge in [-0.25, -0.2) is 4.79 Å². The lowest BCUT2D eigenvalue weighted by Crippen LogP contribution is -2.08. The minimum atomic E-state index is -0.384. The van der Waals surface area contributed by atoms with Crippen LogP contribution in [0.15, 0.2) is 131 Å². The summed E-state index contributed by atoms with van der Waals surface area (Å²) in [6.45, 7) is 3.04. The van der Waals surface area contributed by atoms with Crippen molar-refractivity contribution in [2.24, 2.45) is 15.2 Å². The van der Waals surface area contributed by atoms with Crippen molar-refractivity contribution in [1.82, 2.24) is 0 Å². The van der Waals surface area contributed by atoms with E-state index in [1.54, 1.807) is 30.5 Å². The average molecular weight is 738 g/mol. The van der Waals surface area contributed by atoms with Crippen LogP contribution in [0.25, 0.3) is 5.57 Å². The van der Waals surface area contributed by atoms with E-state index in [0.717, 1.165) is 53.4 Å². The average Bonchev–Trinajstić information content (AvgIpc) is 3.77. The number of aliphatic imine (C=N–C) groups is 1. The maximum Gasteiger partial charge on any atom is 0.343 e. The summed E-state index contributed by atoms with van der Waals surface area (Å²) in [6, 6.07) is 30.2. The van der Waals surface area contributed by atoms with Crippen molar-refractivity contribution in [1.29, 1.82) is 0 Å². The molecular formula is C49H59N3O3. The molecule has 0 amide bonds. The first-order valence-electron chi connectivity index (χ1n) is 20.7. The molecule has 0 spiro atoms. The zero-order valence-corrected chi connectivity index (χ0v) is 32.8. The molecule has 55 heavy (non-hydrogen) atoms. The van der Waals surface area contributed by atoms with E-state index in [1.165, 1.54) is 102 Å². The summed E-state index contributed by atoms with van der Waals surface area (Å²) in [5.74, 6) is 0.969. The number of nitrogens with zero attached hydrogens (tertiary/aromatic N) is 3. The van der Waals surface area contributed by atoms with Gasteiger partial charge in [0, 0.05) is 6.21 Å². The lowest BCUT2D eigenvalue weighted by atomic mass is 10.0. The number of carbonyl (C=O) groups is 1. The molecule has 5 rings (SSSR count). The zero-order valence-electron chi connectivity index (χ0n) is 32.8. The van der Waals surface area contributed by atoms with Crippen LogP contribution >= 0.6 is 0 Å². The van der Waals surface area contributed by atoms with Gasteiger partial charge in [-0.3, -0.25) is 4.99 Å². The summed E-state index contributed by atoms with van der Waals surface area (Å²) in [6.07, 6.45) is 30.9. The number of carbonyl (C=O) groups excluding carboxylic acids is 1. The van der Waals surface area contributed by atoms with E-state index in [0.29, 0.717) is 11.3 Å². The van der Waals surface area contributed by atoms with Crippen molar-refractivity contribution >= 4 is 34.8 Å². The van der Waals surface area contributed by atoms with Crippen LogP contribution in [0, 0.1) is 0 Å². The molecule has 0 heterocycles. The third-order valence-corrected chi connectivity index (χ3v) is 9.95. The zero-order chi connectivity index (χ0) is 38.2. The van der Waals surface area contributed by atoms with Crippen molar-refractivity contribution in [3.63, 3.8) is 0 Å². The highest BCUT2D eigenvalue weighted by atomic mass is 16.5. The Hall–Kier alpha value is -5.10. The van der Waals surface area contributed by atoms with Crippen LogP contribution < -0.4 is 9.47 Å². The number of allylic oxidation sites excluding steroid dienone is 4. The van der Waals surface area contributed by atoms with Crippen molar-refractivity contribution in [3.8, 4) is 11.5 Å². The van der Waals surface area contributed by atoms with Crippen LogP contribution in [0.4, 0.5) is 17.1 Å². The Morgan fingerprint density at radius 3 is 1.64 bits per heavy atom. The van der Waals surface area contributed by atoms with Gasteiger partial charge in [-0.15, -0.1) is 0 Å². The number of ether oxygens (including phenoxy) is 2. The first-order valence-corrected chi connectivity index (χ1v) is 20.7. The maximum atomic E-state index is 12.6. The quantitative estimate of drug-likeness (QED) is 0.0223. The minimum Gasteiger partial charge on any atom is -0.494 e. The van der Waals surface area contributed by atoms with E-state index in [1.807, 2.05) is 78.9 Å². The van der Waals surface area contributed by atoms with E-state index < -0.39 is 0 Å². The molecule has 0 unspecified atom stereocenters. The molecule has 0 aromatic heterocycles. The molecule has 0 aliphatic heterocycles. The Morgan fingerprint density at radius 1 is 0.582 bits per heavy atom. The maximum absolute atomic E-state index is 12.6. The molecule has 1 aliphatic carbocycles. The van der Waals surface area contributed by atoms with Crippen molar-refractivity contribution in [2.75, 3.05) is 6.61 Å². The molecule has 288 valence electrons. The molecule has 0 fully saturated rings. The third-order valence-electron chi connectivity index (χ3n) is 9.95. The molecule has 0 atom stereocenters. The van der Waals surface area contributed by atoms with Crippen LogP contribution in [0.5, 0.6) is 11.5 Å². The molecule has 4 aromatic carbocycles. The van der Waals surface area contributed by atoms with Crippen LogP contribution in [-0.2, 0) is 0 Å².